The third-order valence-electron chi connectivity index (χ3n) is 3.92. The minimum atomic E-state index is -0.858. The summed E-state index contributed by atoms with van der Waals surface area (Å²) in [6, 6.07) is 13.2. The first-order chi connectivity index (χ1) is 10.7. The molecule has 114 valence electrons. The molecule has 1 saturated heterocycles. The van der Waals surface area contributed by atoms with Crippen LogP contribution in [0.4, 0.5) is 0 Å². The Morgan fingerprint density at radius 3 is 2.77 bits per heavy atom. The summed E-state index contributed by atoms with van der Waals surface area (Å²) in [5.74, 6) is 0.613. The molecule has 1 fully saturated rings. The number of fused-ring (bicyclic) bond motifs is 1. The fourth-order valence-corrected chi connectivity index (χ4v) is 3.92. The van der Waals surface area contributed by atoms with Gasteiger partial charge >= 0.3 is 5.97 Å². The molecular weight excluding hydrogens is 298 g/mol. The highest BCUT2D eigenvalue weighted by Crippen LogP contribution is 2.25. The van der Waals surface area contributed by atoms with Crippen LogP contribution in [-0.4, -0.2) is 46.0 Å². The van der Waals surface area contributed by atoms with Gasteiger partial charge in [0.2, 0.25) is 0 Å². The Labute approximate surface area is 133 Å². The second kappa shape index (κ2) is 6.40. The zero-order chi connectivity index (χ0) is 15.5. The van der Waals surface area contributed by atoms with Crippen molar-refractivity contribution in [2.45, 2.75) is 12.5 Å². The van der Waals surface area contributed by atoms with Gasteiger partial charge in [0, 0.05) is 23.6 Å². The van der Waals surface area contributed by atoms with Crippen LogP contribution in [-0.2, 0) is 4.79 Å². The van der Waals surface area contributed by atoms with E-state index in [1.54, 1.807) is 16.7 Å². The highest BCUT2D eigenvalue weighted by atomic mass is 32.2. The van der Waals surface area contributed by atoms with Crippen LogP contribution >= 0.6 is 11.8 Å². The number of carboxylic acids is 1. The molecule has 2 aromatic rings. The molecule has 1 heterocycles. The van der Waals surface area contributed by atoms with Crippen molar-refractivity contribution < 1.29 is 14.7 Å². The normalized spacial score (nSPS) is 18.4. The lowest BCUT2D eigenvalue weighted by Gasteiger charge is -2.35. The van der Waals surface area contributed by atoms with Crippen molar-refractivity contribution in [2.24, 2.45) is 0 Å². The van der Waals surface area contributed by atoms with Gasteiger partial charge in [0.1, 0.15) is 0 Å². The van der Waals surface area contributed by atoms with E-state index in [1.807, 2.05) is 42.5 Å². The molecule has 0 spiro atoms. The molecule has 1 amide bonds. The Balaban J connectivity index is 1.95. The smallest absolute Gasteiger partial charge is 0.305 e. The molecule has 0 aromatic heterocycles. The van der Waals surface area contributed by atoms with E-state index in [1.165, 1.54) is 0 Å². The van der Waals surface area contributed by atoms with E-state index < -0.39 is 5.97 Å². The summed E-state index contributed by atoms with van der Waals surface area (Å²) in [7, 11) is 0. The third-order valence-corrected chi connectivity index (χ3v) is 5.01. The van der Waals surface area contributed by atoms with Crippen LogP contribution in [0.5, 0.6) is 0 Å². The molecule has 0 bridgehead atoms. The number of carbonyl (C=O) groups is 2. The molecule has 0 aliphatic carbocycles. The summed E-state index contributed by atoms with van der Waals surface area (Å²) in [4.78, 5) is 25.7. The number of rotatable bonds is 3. The molecule has 1 aliphatic heterocycles. The Hall–Kier alpha value is -2.01. The maximum absolute atomic E-state index is 12.9. The molecule has 0 saturated carbocycles. The van der Waals surface area contributed by atoms with Crippen LogP contribution < -0.4 is 0 Å². The molecule has 1 unspecified atom stereocenters. The molecule has 5 heteroatoms. The lowest BCUT2D eigenvalue weighted by atomic mass is 10.0. The van der Waals surface area contributed by atoms with Crippen LogP contribution in [0.25, 0.3) is 10.8 Å². The summed E-state index contributed by atoms with van der Waals surface area (Å²) in [6.07, 6.45) is 0.00348. The van der Waals surface area contributed by atoms with Gasteiger partial charge in [-0.15, -0.1) is 0 Å². The fraction of sp³-hybridized carbons (Fsp3) is 0.294. The Morgan fingerprint density at radius 1 is 1.18 bits per heavy atom. The van der Waals surface area contributed by atoms with Crippen LogP contribution in [0.2, 0.25) is 0 Å². The van der Waals surface area contributed by atoms with Gasteiger partial charge in [-0.05, 0) is 16.8 Å². The highest BCUT2D eigenvalue weighted by molar-refractivity contribution is 7.99. The van der Waals surface area contributed by atoms with Crippen LogP contribution in [0.1, 0.15) is 16.8 Å². The van der Waals surface area contributed by atoms with Gasteiger partial charge in [0.05, 0.1) is 12.5 Å². The summed E-state index contributed by atoms with van der Waals surface area (Å²) in [5.41, 5.74) is 0.653. The van der Waals surface area contributed by atoms with Gasteiger partial charge in [-0.3, -0.25) is 9.59 Å². The van der Waals surface area contributed by atoms with E-state index in [0.29, 0.717) is 17.9 Å². The topological polar surface area (TPSA) is 57.6 Å². The largest absolute Gasteiger partial charge is 0.481 e. The van der Waals surface area contributed by atoms with E-state index in [9.17, 15) is 9.59 Å². The number of hydrogen-bond donors (Lipinski definition) is 1. The summed E-state index contributed by atoms with van der Waals surface area (Å²) in [6.45, 7) is 0.602. The molecule has 1 aliphatic rings. The lowest BCUT2D eigenvalue weighted by Crippen LogP contribution is -2.47. The zero-order valence-corrected chi connectivity index (χ0v) is 12.9. The SMILES string of the molecule is O=C(O)CC1CSCCN1C(=O)c1cccc2ccccc12. The number of carboxylic acid groups (broad SMARTS) is 1. The molecular formula is C17H17NO3S. The second-order valence-electron chi connectivity index (χ2n) is 5.35. The predicted octanol–water partition coefficient (Wildman–Crippen LogP) is 2.87. The molecule has 4 nitrogen and oxygen atoms in total. The third kappa shape index (κ3) is 2.95. The second-order valence-corrected chi connectivity index (χ2v) is 6.50. The molecule has 3 rings (SSSR count). The van der Waals surface area contributed by atoms with Gasteiger partial charge in [0.15, 0.2) is 0 Å². The zero-order valence-electron chi connectivity index (χ0n) is 12.1. The number of nitrogens with zero attached hydrogens (tertiary/aromatic N) is 1. The lowest BCUT2D eigenvalue weighted by molar-refractivity contribution is -0.138. The van der Waals surface area contributed by atoms with Gasteiger partial charge in [-0.25, -0.2) is 0 Å². The molecule has 1 atom stereocenters. The van der Waals surface area contributed by atoms with Gasteiger partial charge in [-0.1, -0.05) is 36.4 Å². The number of thioether (sulfide) groups is 1. The highest BCUT2D eigenvalue weighted by Gasteiger charge is 2.30. The summed E-state index contributed by atoms with van der Waals surface area (Å²) in [5, 5.41) is 11.0. The van der Waals surface area contributed by atoms with Crippen molar-refractivity contribution in [2.75, 3.05) is 18.1 Å². The van der Waals surface area contributed by atoms with E-state index >= 15 is 0 Å². The quantitative estimate of drug-likeness (QED) is 0.946. The van der Waals surface area contributed by atoms with Gasteiger partial charge in [0.25, 0.3) is 5.91 Å². The molecule has 2 aromatic carbocycles. The van der Waals surface area contributed by atoms with Crippen LogP contribution in [0.3, 0.4) is 0 Å². The minimum Gasteiger partial charge on any atom is -0.481 e. The predicted molar refractivity (Wildman–Crippen MR) is 88.4 cm³/mol. The standard InChI is InChI=1S/C17H17NO3S/c19-16(20)10-13-11-22-9-8-18(13)17(21)15-7-3-5-12-4-1-2-6-14(12)15/h1-7,13H,8-11H2,(H,19,20). The summed E-state index contributed by atoms with van der Waals surface area (Å²) >= 11 is 1.71. The van der Waals surface area contributed by atoms with Crippen molar-refractivity contribution in [1.82, 2.24) is 4.90 Å². The Bertz CT molecular complexity index is 711. The van der Waals surface area contributed by atoms with Crippen LogP contribution in [0, 0.1) is 0 Å². The van der Waals surface area contributed by atoms with E-state index in [0.717, 1.165) is 16.5 Å². The Morgan fingerprint density at radius 2 is 1.95 bits per heavy atom. The van der Waals surface area contributed by atoms with E-state index in [4.69, 9.17) is 5.11 Å². The molecule has 22 heavy (non-hydrogen) atoms. The first-order valence-corrected chi connectivity index (χ1v) is 8.40. The number of aliphatic carboxylic acids is 1. The van der Waals surface area contributed by atoms with Crippen molar-refractivity contribution in [3.8, 4) is 0 Å². The molecule has 0 radical (unpaired) electrons. The monoisotopic (exact) mass is 315 g/mol. The molecule has 1 N–H and O–H groups in total. The first kappa shape index (κ1) is 14.9. The van der Waals surface area contributed by atoms with Crippen molar-refractivity contribution >= 4 is 34.4 Å². The Kier molecular flexibility index (Phi) is 4.34. The number of benzene rings is 2. The summed E-state index contributed by atoms with van der Waals surface area (Å²) < 4.78 is 0. The number of amides is 1. The number of carbonyl (C=O) groups excluding carboxylic acids is 1. The number of hydrogen-bond acceptors (Lipinski definition) is 3. The first-order valence-electron chi connectivity index (χ1n) is 7.25. The van der Waals surface area contributed by atoms with Gasteiger partial charge < -0.3 is 10.0 Å². The van der Waals surface area contributed by atoms with Crippen molar-refractivity contribution in [1.29, 1.82) is 0 Å². The van der Waals surface area contributed by atoms with Crippen LogP contribution in [0.15, 0.2) is 42.5 Å². The average Bonchev–Trinajstić information content (AvgIpc) is 2.54. The maximum Gasteiger partial charge on any atom is 0.305 e. The van der Waals surface area contributed by atoms with Crippen molar-refractivity contribution in [3.63, 3.8) is 0 Å². The average molecular weight is 315 g/mol. The van der Waals surface area contributed by atoms with Gasteiger partial charge in [-0.2, -0.15) is 11.8 Å². The fourth-order valence-electron chi connectivity index (χ4n) is 2.86. The maximum atomic E-state index is 12.9. The van der Waals surface area contributed by atoms with E-state index in [-0.39, 0.29) is 18.4 Å². The van der Waals surface area contributed by atoms with E-state index in [2.05, 4.69) is 0 Å². The minimum absolute atomic E-state index is 0.00348. The van der Waals surface area contributed by atoms with Crippen molar-refractivity contribution in [3.05, 3.63) is 48.0 Å².